The molecule has 1 rings (SSSR count). The minimum atomic E-state index is -0.776. The van der Waals surface area contributed by atoms with Crippen molar-refractivity contribution in [2.24, 2.45) is 10.8 Å². The van der Waals surface area contributed by atoms with Gasteiger partial charge in [-0.2, -0.15) is 5.26 Å². The molecule has 1 saturated heterocycles. The number of piperidine rings is 1. The zero-order valence-electron chi connectivity index (χ0n) is 14.4. The van der Waals surface area contributed by atoms with Gasteiger partial charge in [0.15, 0.2) is 0 Å². The van der Waals surface area contributed by atoms with E-state index in [0.717, 1.165) is 38.8 Å². The van der Waals surface area contributed by atoms with Crippen molar-refractivity contribution in [3.05, 3.63) is 0 Å². The summed E-state index contributed by atoms with van der Waals surface area (Å²) < 4.78 is 0. The standard InChI is InChI=1S/C18H32N2O/c1-5-9-18(15-19,10-6-2)16(21)20-13-11-17(7-3,8-4)12-14-20/h5-14H2,1-4H3. The largest absolute Gasteiger partial charge is 0.341 e. The predicted molar refractivity (Wildman–Crippen MR) is 86.7 cm³/mol. The van der Waals surface area contributed by atoms with Crippen LogP contribution in [0.1, 0.15) is 79.1 Å². The van der Waals surface area contributed by atoms with E-state index in [2.05, 4.69) is 33.8 Å². The number of hydrogen-bond donors (Lipinski definition) is 0. The first kappa shape index (κ1) is 18.0. The Bertz CT molecular complexity index is 363. The molecular weight excluding hydrogens is 260 g/mol. The fourth-order valence-electron chi connectivity index (χ4n) is 3.80. The molecule has 1 amide bonds. The third kappa shape index (κ3) is 3.78. The molecule has 1 fully saturated rings. The van der Waals surface area contributed by atoms with Crippen molar-refractivity contribution in [3.63, 3.8) is 0 Å². The normalized spacial score (nSPS) is 18.3. The van der Waals surface area contributed by atoms with Crippen LogP contribution in [-0.2, 0) is 4.79 Å². The SMILES string of the molecule is CCCC(C#N)(CCC)C(=O)N1CCC(CC)(CC)CC1. The first-order valence-electron chi connectivity index (χ1n) is 8.73. The van der Waals surface area contributed by atoms with Gasteiger partial charge in [-0.15, -0.1) is 0 Å². The van der Waals surface area contributed by atoms with Gasteiger partial charge in [0.1, 0.15) is 5.41 Å². The molecule has 120 valence electrons. The van der Waals surface area contributed by atoms with Crippen molar-refractivity contribution < 1.29 is 4.79 Å². The summed E-state index contributed by atoms with van der Waals surface area (Å²) in [7, 11) is 0. The van der Waals surface area contributed by atoms with E-state index < -0.39 is 5.41 Å². The van der Waals surface area contributed by atoms with Crippen LogP contribution in [0.4, 0.5) is 0 Å². The highest BCUT2D eigenvalue weighted by Crippen LogP contribution is 2.40. The van der Waals surface area contributed by atoms with Crippen molar-refractivity contribution in [3.8, 4) is 6.07 Å². The van der Waals surface area contributed by atoms with Crippen LogP contribution in [0, 0.1) is 22.2 Å². The summed E-state index contributed by atoms with van der Waals surface area (Å²) >= 11 is 0. The van der Waals surface area contributed by atoms with Crippen molar-refractivity contribution in [1.29, 1.82) is 5.26 Å². The van der Waals surface area contributed by atoms with Crippen molar-refractivity contribution in [1.82, 2.24) is 4.90 Å². The topological polar surface area (TPSA) is 44.1 Å². The molecule has 1 heterocycles. The Kier molecular flexibility index (Phi) is 6.71. The molecule has 0 N–H and O–H groups in total. The van der Waals surface area contributed by atoms with Crippen LogP contribution in [0.5, 0.6) is 0 Å². The molecule has 3 heteroatoms. The fourth-order valence-corrected chi connectivity index (χ4v) is 3.80. The van der Waals surface area contributed by atoms with Gasteiger partial charge >= 0.3 is 0 Å². The fraction of sp³-hybridized carbons (Fsp3) is 0.889. The van der Waals surface area contributed by atoms with Gasteiger partial charge in [-0.05, 0) is 31.1 Å². The Morgan fingerprint density at radius 3 is 1.90 bits per heavy atom. The van der Waals surface area contributed by atoms with Crippen molar-refractivity contribution in [2.45, 2.75) is 79.1 Å². The number of nitriles is 1. The minimum absolute atomic E-state index is 0.0921. The van der Waals surface area contributed by atoms with E-state index in [1.807, 2.05) is 4.90 Å². The number of carbonyl (C=O) groups is 1. The smallest absolute Gasteiger partial charge is 0.243 e. The van der Waals surface area contributed by atoms with Gasteiger partial charge in [-0.1, -0.05) is 53.4 Å². The zero-order valence-corrected chi connectivity index (χ0v) is 14.4. The highest BCUT2D eigenvalue weighted by Gasteiger charge is 2.42. The van der Waals surface area contributed by atoms with Crippen LogP contribution in [-0.4, -0.2) is 23.9 Å². The van der Waals surface area contributed by atoms with Crippen LogP contribution in [0.2, 0.25) is 0 Å². The van der Waals surface area contributed by atoms with E-state index >= 15 is 0 Å². The second kappa shape index (κ2) is 7.82. The van der Waals surface area contributed by atoms with Crippen molar-refractivity contribution >= 4 is 5.91 Å². The number of likely N-dealkylation sites (tertiary alicyclic amines) is 1. The average molecular weight is 292 g/mol. The molecule has 0 radical (unpaired) electrons. The molecule has 0 unspecified atom stereocenters. The molecule has 0 aliphatic carbocycles. The maximum absolute atomic E-state index is 12.9. The van der Waals surface area contributed by atoms with Gasteiger partial charge in [0.2, 0.25) is 5.91 Å². The summed E-state index contributed by atoms with van der Waals surface area (Å²) in [6.45, 7) is 10.3. The molecule has 1 aliphatic heterocycles. The molecule has 21 heavy (non-hydrogen) atoms. The lowest BCUT2D eigenvalue weighted by Crippen LogP contribution is -2.49. The Morgan fingerprint density at radius 1 is 1.10 bits per heavy atom. The van der Waals surface area contributed by atoms with Crippen LogP contribution in [0.25, 0.3) is 0 Å². The minimum Gasteiger partial charge on any atom is -0.341 e. The highest BCUT2D eigenvalue weighted by atomic mass is 16.2. The summed E-state index contributed by atoms with van der Waals surface area (Å²) in [6, 6.07) is 2.37. The van der Waals surface area contributed by atoms with Gasteiger partial charge in [-0.25, -0.2) is 0 Å². The molecule has 0 atom stereocenters. The maximum atomic E-state index is 12.9. The van der Waals surface area contributed by atoms with E-state index in [1.54, 1.807) is 0 Å². The summed E-state index contributed by atoms with van der Waals surface area (Å²) in [5.41, 5.74) is -0.358. The lowest BCUT2D eigenvalue weighted by atomic mass is 9.73. The average Bonchev–Trinajstić information content (AvgIpc) is 2.54. The molecule has 0 aromatic carbocycles. The molecule has 0 saturated carbocycles. The molecule has 1 aliphatic rings. The summed E-state index contributed by atoms with van der Waals surface area (Å²) in [5, 5.41) is 9.64. The highest BCUT2D eigenvalue weighted by molar-refractivity contribution is 5.85. The van der Waals surface area contributed by atoms with E-state index in [1.165, 1.54) is 12.8 Å². The Morgan fingerprint density at radius 2 is 1.57 bits per heavy atom. The van der Waals surface area contributed by atoms with Gasteiger partial charge in [-0.3, -0.25) is 4.79 Å². The third-order valence-corrected chi connectivity index (χ3v) is 5.59. The maximum Gasteiger partial charge on any atom is 0.243 e. The van der Waals surface area contributed by atoms with E-state index in [0.29, 0.717) is 18.3 Å². The molecular formula is C18H32N2O. The Balaban J connectivity index is 2.81. The van der Waals surface area contributed by atoms with E-state index in [-0.39, 0.29) is 5.91 Å². The number of carbonyl (C=O) groups excluding carboxylic acids is 1. The second-order valence-corrected chi connectivity index (χ2v) is 6.69. The molecule has 0 aromatic heterocycles. The van der Waals surface area contributed by atoms with Crippen LogP contribution < -0.4 is 0 Å². The van der Waals surface area contributed by atoms with Crippen LogP contribution >= 0.6 is 0 Å². The second-order valence-electron chi connectivity index (χ2n) is 6.69. The first-order valence-corrected chi connectivity index (χ1v) is 8.73. The number of amides is 1. The quantitative estimate of drug-likeness (QED) is 0.692. The van der Waals surface area contributed by atoms with E-state index in [4.69, 9.17) is 0 Å². The molecule has 0 spiro atoms. The lowest BCUT2D eigenvalue weighted by Gasteiger charge is -2.43. The Hall–Kier alpha value is -1.04. The molecule has 3 nitrogen and oxygen atoms in total. The van der Waals surface area contributed by atoms with Gasteiger partial charge in [0.05, 0.1) is 6.07 Å². The van der Waals surface area contributed by atoms with E-state index in [9.17, 15) is 10.1 Å². The summed E-state index contributed by atoms with van der Waals surface area (Å²) in [5.74, 6) is 0.0921. The monoisotopic (exact) mass is 292 g/mol. The lowest BCUT2D eigenvalue weighted by molar-refractivity contribution is -0.142. The molecule has 0 aromatic rings. The van der Waals surface area contributed by atoms with Gasteiger partial charge < -0.3 is 4.90 Å². The third-order valence-electron chi connectivity index (χ3n) is 5.59. The van der Waals surface area contributed by atoms with Crippen LogP contribution in [0.3, 0.4) is 0 Å². The summed E-state index contributed by atoms with van der Waals surface area (Å²) in [4.78, 5) is 14.9. The number of rotatable bonds is 7. The number of hydrogen-bond acceptors (Lipinski definition) is 2. The summed E-state index contributed by atoms with van der Waals surface area (Å²) in [6.07, 6.45) is 7.73. The van der Waals surface area contributed by atoms with Crippen molar-refractivity contribution in [2.75, 3.05) is 13.1 Å². The van der Waals surface area contributed by atoms with Gasteiger partial charge in [0.25, 0.3) is 0 Å². The molecule has 0 bridgehead atoms. The first-order chi connectivity index (χ1) is 10.0. The predicted octanol–water partition coefficient (Wildman–Crippen LogP) is 4.53. The van der Waals surface area contributed by atoms with Gasteiger partial charge in [0, 0.05) is 13.1 Å². The van der Waals surface area contributed by atoms with Crippen LogP contribution in [0.15, 0.2) is 0 Å². The Labute approximate surface area is 130 Å². The zero-order chi connectivity index (χ0) is 15.9. The number of nitrogens with zero attached hydrogens (tertiary/aromatic N) is 2.